The second-order valence-electron chi connectivity index (χ2n) is 3.25. The zero-order valence-electron chi connectivity index (χ0n) is 9.15. The van der Waals surface area contributed by atoms with Gasteiger partial charge in [-0.1, -0.05) is 0 Å². The molecule has 84 valence electrons. The van der Waals surface area contributed by atoms with Crippen molar-refractivity contribution < 1.29 is 9.47 Å². The van der Waals surface area contributed by atoms with Gasteiger partial charge in [-0.2, -0.15) is 0 Å². The van der Waals surface area contributed by atoms with Crippen molar-refractivity contribution in [2.45, 2.75) is 0 Å². The minimum absolute atomic E-state index is 0.382. The summed E-state index contributed by atoms with van der Waals surface area (Å²) in [6, 6.07) is 5.56. The molecule has 0 aliphatic carbocycles. The topological polar surface area (TPSA) is 73.2 Å². The van der Waals surface area contributed by atoms with Gasteiger partial charge in [0, 0.05) is 11.6 Å². The summed E-state index contributed by atoms with van der Waals surface area (Å²) in [5, 5.41) is 0. The number of methoxy groups -OCH3 is 2. The van der Waals surface area contributed by atoms with Crippen LogP contribution in [0, 0.1) is 0 Å². The van der Waals surface area contributed by atoms with E-state index in [-0.39, 0.29) is 0 Å². The van der Waals surface area contributed by atoms with Gasteiger partial charge in [-0.15, -0.1) is 0 Å². The molecule has 0 radical (unpaired) electrons. The molecule has 0 bridgehead atoms. The molecule has 3 N–H and O–H groups in total. The first-order chi connectivity index (χ1) is 7.74. The van der Waals surface area contributed by atoms with Crippen molar-refractivity contribution in [2.75, 3.05) is 20.0 Å². The molecule has 2 rings (SSSR count). The predicted molar refractivity (Wildman–Crippen MR) is 61.5 cm³/mol. The molecule has 2 aromatic rings. The average molecular weight is 219 g/mol. The van der Waals surface area contributed by atoms with Crippen molar-refractivity contribution in [1.82, 2.24) is 9.97 Å². The lowest BCUT2D eigenvalue weighted by atomic mass is 10.1. The number of nitrogen functional groups attached to an aromatic ring is 1. The molecule has 1 heterocycles. The first-order valence-electron chi connectivity index (χ1n) is 4.77. The van der Waals surface area contributed by atoms with Crippen LogP contribution in [0.1, 0.15) is 0 Å². The van der Waals surface area contributed by atoms with Gasteiger partial charge in [0.05, 0.1) is 26.1 Å². The minimum atomic E-state index is 0.382. The molecule has 5 nitrogen and oxygen atoms in total. The number of hydrogen-bond donors (Lipinski definition) is 2. The van der Waals surface area contributed by atoms with E-state index in [1.165, 1.54) is 0 Å². The third kappa shape index (κ3) is 1.79. The lowest BCUT2D eigenvalue weighted by Crippen LogP contribution is -1.91. The second kappa shape index (κ2) is 4.14. The molecule has 0 fully saturated rings. The number of H-pyrrole nitrogens is 1. The van der Waals surface area contributed by atoms with Crippen LogP contribution in [0.2, 0.25) is 0 Å². The van der Waals surface area contributed by atoms with E-state index < -0.39 is 0 Å². The Morgan fingerprint density at radius 1 is 1.25 bits per heavy atom. The van der Waals surface area contributed by atoms with Crippen LogP contribution in [0.3, 0.4) is 0 Å². The minimum Gasteiger partial charge on any atom is -0.497 e. The first kappa shape index (κ1) is 10.4. The van der Waals surface area contributed by atoms with Crippen LogP contribution in [-0.2, 0) is 0 Å². The fourth-order valence-corrected chi connectivity index (χ4v) is 1.49. The highest BCUT2D eigenvalue weighted by atomic mass is 16.5. The fourth-order valence-electron chi connectivity index (χ4n) is 1.49. The summed E-state index contributed by atoms with van der Waals surface area (Å²) in [6.07, 6.45) is 1.67. The highest BCUT2D eigenvalue weighted by molar-refractivity contribution is 5.69. The van der Waals surface area contributed by atoms with Crippen LogP contribution in [0.5, 0.6) is 11.5 Å². The van der Waals surface area contributed by atoms with Crippen LogP contribution < -0.4 is 15.2 Å². The Balaban J connectivity index is 2.48. The monoisotopic (exact) mass is 219 g/mol. The van der Waals surface area contributed by atoms with E-state index in [9.17, 15) is 0 Å². The van der Waals surface area contributed by atoms with Crippen LogP contribution in [0.15, 0.2) is 24.4 Å². The maximum atomic E-state index is 5.53. The Hall–Kier alpha value is -2.17. The molecule has 0 amide bonds. The lowest BCUT2D eigenvalue weighted by molar-refractivity contribution is 0.395. The van der Waals surface area contributed by atoms with Crippen molar-refractivity contribution in [1.29, 1.82) is 0 Å². The fraction of sp³-hybridized carbons (Fsp3) is 0.182. The summed E-state index contributed by atoms with van der Waals surface area (Å²) in [5.74, 6) is 1.84. The van der Waals surface area contributed by atoms with Gasteiger partial charge in [0.15, 0.2) is 5.95 Å². The van der Waals surface area contributed by atoms with Gasteiger partial charge in [0.2, 0.25) is 0 Å². The molecule has 1 aromatic carbocycles. The Bertz CT molecular complexity index is 494. The quantitative estimate of drug-likeness (QED) is 0.823. The smallest absolute Gasteiger partial charge is 0.197 e. The van der Waals surface area contributed by atoms with Crippen molar-refractivity contribution in [3.05, 3.63) is 24.4 Å². The van der Waals surface area contributed by atoms with Crippen LogP contribution in [0.25, 0.3) is 11.3 Å². The molecule has 0 unspecified atom stereocenters. The summed E-state index contributed by atoms with van der Waals surface area (Å²) in [6.45, 7) is 0. The molecule has 0 aliphatic heterocycles. The van der Waals surface area contributed by atoms with Gasteiger partial charge in [0.25, 0.3) is 0 Å². The Morgan fingerprint density at radius 2 is 2.06 bits per heavy atom. The third-order valence-electron chi connectivity index (χ3n) is 2.29. The van der Waals surface area contributed by atoms with Crippen molar-refractivity contribution >= 4 is 5.95 Å². The van der Waals surface area contributed by atoms with E-state index in [2.05, 4.69) is 9.97 Å². The number of ether oxygens (including phenoxy) is 2. The largest absolute Gasteiger partial charge is 0.497 e. The number of benzene rings is 1. The summed E-state index contributed by atoms with van der Waals surface area (Å²) in [7, 11) is 3.22. The van der Waals surface area contributed by atoms with Gasteiger partial charge in [-0.3, -0.25) is 0 Å². The number of anilines is 1. The van der Waals surface area contributed by atoms with Gasteiger partial charge in [-0.05, 0) is 12.1 Å². The SMILES string of the molecule is COc1ccc(-c2cnc(N)[nH]2)c(OC)c1. The van der Waals surface area contributed by atoms with Gasteiger partial charge in [0.1, 0.15) is 11.5 Å². The molecule has 16 heavy (non-hydrogen) atoms. The zero-order valence-corrected chi connectivity index (χ0v) is 9.15. The summed E-state index contributed by atoms with van der Waals surface area (Å²) >= 11 is 0. The van der Waals surface area contributed by atoms with Crippen LogP contribution >= 0.6 is 0 Å². The standard InChI is InChI=1S/C11H13N3O2/c1-15-7-3-4-8(10(5-7)16-2)9-6-13-11(12)14-9/h3-6H,1-2H3,(H3,12,13,14). The highest BCUT2D eigenvalue weighted by Crippen LogP contribution is 2.32. The highest BCUT2D eigenvalue weighted by Gasteiger charge is 2.09. The van der Waals surface area contributed by atoms with Gasteiger partial charge >= 0.3 is 0 Å². The molecular weight excluding hydrogens is 206 g/mol. The molecule has 0 saturated carbocycles. The number of nitrogens with one attached hydrogen (secondary N) is 1. The molecular formula is C11H13N3O2. The normalized spacial score (nSPS) is 10.1. The van der Waals surface area contributed by atoms with Crippen molar-refractivity contribution in [2.24, 2.45) is 0 Å². The van der Waals surface area contributed by atoms with Crippen LogP contribution in [-0.4, -0.2) is 24.2 Å². The van der Waals surface area contributed by atoms with Crippen molar-refractivity contribution in [3.63, 3.8) is 0 Å². The maximum absolute atomic E-state index is 5.53. The predicted octanol–water partition coefficient (Wildman–Crippen LogP) is 1.68. The Labute approximate surface area is 93.2 Å². The van der Waals surface area contributed by atoms with E-state index in [1.807, 2.05) is 18.2 Å². The average Bonchev–Trinajstić information content (AvgIpc) is 2.74. The Morgan fingerprint density at radius 3 is 2.62 bits per heavy atom. The lowest BCUT2D eigenvalue weighted by Gasteiger charge is -2.08. The summed E-state index contributed by atoms with van der Waals surface area (Å²) < 4.78 is 10.4. The number of hydrogen-bond acceptors (Lipinski definition) is 4. The molecule has 5 heteroatoms. The maximum Gasteiger partial charge on any atom is 0.197 e. The third-order valence-corrected chi connectivity index (χ3v) is 2.29. The van der Waals surface area contributed by atoms with Crippen LogP contribution in [0.4, 0.5) is 5.95 Å². The van der Waals surface area contributed by atoms with Gasteiger partial charge in [-0.25, -0.2) is 4.98 Å². The summed E-state index contributed by atoms with van der Waals surface area (Å²) in [5.41, 5.74) is 7.24. The number of rotatable bonds is 3. The van der Waals surface area contributed by atoms with E-state index in [1.54, 1.807) is 20.4 Å². The van der Waals surface area contributed by atoms with Gasteiger partial charge < -0.3 is 20.2 Å². The number of imidazole rings is 1. The number of aromatic nitrogens is 2. The van der Waals surface area contributed by atoms with E-state index in [0.29, 0.717) is 11.7 Å². The second-order valence-corrected chi connectivity index (χ2v) is 3.25. The molecule has 0 saturated heterocycles. The molecule has 0 aliphatic rings. The Kier molecular flexibility index (Phi) is 2.68. The van der Waals surface area contributed by atoms with Crippen molar-refractivity contribution in [3.8, 4) is 22.8 Å². The molecule has 1 aromatic heterocycles. The molecule has 0 atom stereocenters. The number of nitrogens with zero attached hydrogens (tertiary/aromatic N) is 1. The summed E-state index contributed by atoms with van der Waals surface area (Å²) in [4.78, 5) is 6.90. The number of nitrogens with two attached hydrogens (primary N) is 1. The zero-order chi connectivity index (χ0) is 11.5. The van der Waals surface area contributed by atoms with E-state index >= 15 is 0 Å². The molecule has 0 spiro atoms. The van der Waals surface area contributed by atoms with E-state index in [0.717, 1.165) is 17.0 Å². The van der Waals surface area contributed by atoms with E-state index in [4.69, 9.17) is 15.2 Å². The number of aromatic amines is 1. The first-order valence-corrected chi connectivity index (χ1v) is 4.77.